The molecule has 1 aliphatic carbocycles. The number of anilines is 1. The molecule has 0 radical (unpaired) electrons. The molecule has 0 bridgehead atoms. The van der Waals surface area contributed by atoms with Crippen LogP contribution in [0.3, 0.4) is 0 Å². The average Bonchev–Trinajstić information content (AvgIpc) is 3.63. The van der Waals surface area contributed by atoms with E-state index < -0.39 is 5.41 Å². The molecule has 5 heterocycles. The summed E-state index contributed by atoms with van der Waals surface area (Å²) in [6, 6.07) is 14.2. The number of carbonyl (C=O) groups is 3. The summed E-state index contributed by atoms with van der Waals surface area (Å²) in [7, 11) is 2.18. The van der Waals surface area contributed by atoms with Crippen LogP contribution < -0.4 is 10.2 Å². The number of imidazole rings is 1. The molecule has 2 N–H and O–H groups in total. The molecule has 12 nitrogen and oxygen atoms in total. The number of amides is 3. The minimum Gasteiger partial charge on any atom is -0.390 e. The lowest BCUT2D eigenvalue weighted by molar-refractivity contribution is -0.136. The van der Waals surface area contributed by atoms with Gasteiger partial charge in [-0.25, -0.2) is 4.98 Å². The van der Waals surface area contributed by atoms with Crippen molar-refractivity contribution in [3.05, 3.63) is 76.6 Å². The highest BCUT2D eigenvalue weighted by Crippen LogP contribution is 2.34. The predicted octanol–water partition coefficient (Wildman–Crippen LogP) is 7.39. The molecule has 2 aromatic heterocycles. The van der Waals surface area contributed by atoms with E-state index in [0.29, 0.717) is 31.6 Å². The van der Waals surface area contributed by atoms with Gasteiger partial charge in [0, 0.05) is 75.3 Å². The van der Waals surface area contributed by atoms with Crippen molar-refractivity contribution in [3.8, 4) is 0 Å². The smallest absolute Gasteiger partial charge is 0.260 e. The third-order valence-corrected chi connectivity index (χ3v) is 14.5. The number of aliphatic hydroxyl groups is 1. The Morgan fingerprint density at radius 3 is 2.37 bits per heavy atom. The van der Waals surface area contributed by atoms with Gasteiger partial charge in [-0.2, -0.15) is 0 Å². The lowest BCUT2D eigenvalue weighted by Gasteiger charge is -2.46. The number of aromatic nitrogens is 2. The molecule has 2 atom stereocenters. The van der Waals surface area contributed by atoms with Gasteiger partial charge >= 0.3 is 0 Å². The van der Waals surface area contributed by atoms with Gasteiger partial charge in [0.2, 0.25) is 11.8 Å². The lowest BCUT2D eigenvalue weighted by atomic mass is 9.80. The zero-order chi connectivity index (χ0) is 44.4. The maximum Gasteiger partial charge on any atom is 0.260 e. The molecule has 3 amide bonds. The first-order valence-corrected chi connectivity index (χ1v) is 23.2. The normalized spacial score (nSPS) is 19.6. The van der Waals surface area contributed by atoms with Gasteiger partial charge in [-0.1, -0.05) is 58.9 Å². The molecular formula is C50H72N8O4. The molecule has 3 aliphatic heterocycles. The van der Waals surface area contributed by atoms with E-state index in [1.165, 1.54) is 22.6 Å². The average molecular weight is 849 g/mol. The number of nitrogens with zero attached hydrogens (tertiary/aromatic N) is 7. The minimum atomic E-state index is -0.518. The second-order valence-electron chi connectivity index (χ2n) is 20.5. The third-order valence-electron chi connectivity index (χ3n) is 14.5. The standard InChI is InChI=1S/C50H72N8O4/c1-35(36-17-19-38(20-18-36)46(61)57-27-22-44(57)60)21-23-49(4,5)47(62)52-34-48(2,3)24-25-50(6,7)56-30-28-55(29-31-56)43-16-10-15-42-53-39(41(33-59)58(42)43)32-54(8)40-14-9-12-37-13-11-26-51-45(37)40/h10,13,15-20,35,40,59H,9,11-12,14,21-34H2,1-8H3,(H,52,62)/t35?,40-/m0/s1. The number of pyridine rings is 1. The highest BCUT2D eigenvalue weighted by atomic mass is 16.3. The number of nitrogens with one attached hydrogen (secondary N) is 1. The first-order chi connectivity index (χ1) is 29.5. The Morgan fingerprint density at radius 2 is 1.69 bits per heavy atom. The number of imide groups is 1. The summed E-state index contributed by atoms with van der Waals surface area (Å²) in [4.78, 5) is 56.6. The van der Waals surface area contributed by atoms with Crippen molar-refractivity contribution in [1.82, 2.24) is 29.4 Å². The van der Waals surface area contributed by atoms with Gasteiger partial charge in [0.15, 0.2) is 0 Å². The first-order valence-electron chi connectivity index (χ1n) is 23.2. The maximum atomic E-state index is 13.6. The van der Waals surface area contributed by atoms with Crippen molar-refractivity contribution in [3.63, 3.8) is 0 Å². The number of dihydropyridines is 1. The SMILES string of the molecule is CC(CCC(C)(C)C(=O)NCC(C)(C)CCC(C)(C)N1CCN(c2cccc3nc(CN(C)[C@H]4CCCC5=CCCN=C54)c(CO)n23)CC1)c1ccc(C(=O)N2CCC2=O)cc1. The van der Waals surface area contributed by atoms with E-state index in [2.05, 4.69) is 90.4 Å². The van der Waals surface area contributed by atoms with Crippen LogP contribution in [0.1, 0.15) is 139 Å². The molecule has 1 unspecified atom stereocenters. The fourth-order valence-electron chi connectivity index (χ4n) is 9.78. The van der Waals surface area contributed by atoms with Gasteiger partial charge in [-0.15, -0.1) is 0 Å². The second-order valence-corrected chi connectivity index (χ2v) is 20.5. The molecule has 12 heteroatoms. The number of benzene rings is 1. The van der Waals surface area contributed by atoms with Gasteiger partial charge in [-0.05, 0) is 119 Å². The maximum absolute atomic E-state index is 13.6. The van der Waals surface area contributed by atoms with Crippen molar-refractivity contribution in [2.75, 3.05) is 57.8 Å². The Bertz CT molecular complexity index is 2160. The summed E-state index contributed by atoms with van der Waals surface area (Å²) in [5.41, 5.74) is 6.43. The molecule has 3 fully saturated rings. The molecule has 4 aliphatic rings. The van der Waals surface area contributed by atoms with Gasteiger partial charge in [0.1, 0.15) is 11.5 Å². The third kappa shape index (κ3) is 10.0. The summed E-state index contributed by atoms with van der Waals surface area (Å²) in [5.74, 6) is 1.06. The number of hydrogen-bond acceptors (Lipinski definition) is 9. The Morgan fingerprint density at radius 1 is 0.952 bits per heavy atom. The molecule has 1 aromatic carbocycles. The Kier molecular flexibility index (Phi) is 13.8. The number of carbonyl (C=O) groups excluding carboxylic acids is 3. The molecule has 336 valence electrons. The predicted molar refractivity (Wildman–Crippen MR) is 248 cm³/mol. The molecule has 2 saturated heterocycles. The molecule has 3 aromatic rings. The number of hydrogen-bond donors (Lipinski definition) is 2. The van der Waals surface area contributed by atoms with Crippen molar-refractivity contribution in [1.29, 1.82) is 0 Å². The van der Waals surface area contributed by atoms with Crippen molar-refractivity contribution < 1.29 is 19.5 Å². The number of aliphatic hydroxyl groups excluding tert-OH is 1. The number of piperazine rings is 1. The summed E-state index contributed by atoms with van der Waals surface area (Å²) in [6.45, 7) is 21.7. The fourth-order valence-corrected chi connectivity index (χ4v) is 9.78. The largest absolute Gasteiger partial charge is 0.390 e. The highest BCUT2D eigenvalue weighted by Gasteiger charge is 2.36. The lowest BCUT2D eigenvalue weighted by Crippen LogP contribution is -2.55. The summed E-state index contributed by atoms with van der Waals surface area (Å²) >= 11 is 0. The van der Waals surface area contributed by atoms with Crippen LogP contribution in [0.15, 0.2) is 59.1 Å². The van der Waals surface area contributed by atoms with Crippen LogP contribution in [0.5, 0.6) is 0 Å². The van der Waals surface area contributed by atoms with Crippen molar-refractivity contribution in [2.24, 2.45) is 15.8 Å². The zero-order valence-corrected chi connectivity index (χ0v) is 38.8. The van der Waals surface area contributed by atoms with Crippen LogP contribution in [0.2, 0.25) is 0 Å². The number of rotatable bonds is 17. The number of β-lactam (4-membered cyclic amide) rings is 1. The second kappa shape index (κ2) is 18.8. The Labute approximate surface area is 369 Å². The van der Waals surface area contributed by atoms with Crippen LogP contribution >= 0.6 is 0 Å². The summed E-state index contributed by atoms with van der Waals surface area (Å²) < 4.78 is 2.18. The topological polar surface area (TPSA) is 126 Å². The monoisotopic (exact) mass is 849 g/mol. The summed E-state index contributed by atoms with van der Waals surface area (Å²) in [5, 5.41) is 14.1. The van der Waals surface area contributed by atoms with Gasteiger partial charge in [0.05, 0.1) is 29.7 Å². The van der Waals surface area contributed by atoms with Gasteiger partial charge in [-0.3, -0.25) is 38.5 Å². The number of likely N-dealkylation sites (tertiary alicyclic amines) is 1. The van der Waals surface area contributed by atoms with E-state index >= 15 is 0 Å². The van der Waals surface area contributed by atoms with Crippen LogP contribution in [-0.4, -0.2) is 117 Å². The van der Waals surface area contributed by atoms with Gasteiger partial charge < -0.3 is 15.3 Å². The Balaban J connectivity index is 0.881. The highest BCUT2D eigenvalue weighted by molar-refractivity contribution is 6.07. The van der Waals surface area contributed by atoms with Crippen molar-refractivity contribution >= 4 is 34.9 Å². The van der Waals surface area contributed by atoms with Gasteiger partial charge in [0.25, 0.3) is 5.91 Å². The van der Waals surface area contributed by atoms with Crippen LogP contribution in [-0.2, 0) is 22.7 Å². The van der Waals surface area contributed by atoms with E-state index in [1.54, 1.807) is 0 Å². The van der Waals surface area contributed by atoms with E-state index in [0.717, 1.165) is 106 Å². The molecule has 1 saturated carbocycles. The van der Waals surface area contributed by atoms with Crippen LogP contribution in [0.25, 0.3) is 5.65 Å². The van der Waals surface area contributed by atoms with E-state index in [1.807, 2.05) is 38.1 Å². The Hall–Kier alpha value is -4.39. The van der Waals surface area contributed by atoms with E-state index in [-0.39, 0.29) is 47.2 Å². The number of aliphatic imine (C=N–C) groups is 1. The minimum absolute atomic E-state index is 0.00754. The van der Waals surface area contributed by atoms with E-state index in [4.69, 9.17) is 9.98 Å². The molecule has 7 rings (SSSR count). The number of fused-ring (bicyclic) bond motifs is 2. The van der Waals surface area contributed by atoms with Crippen molar-refractivity contribution in [2.45, 2.75) is 137 Å². The summed E-state index contributed by atoms with van der Waals surface area (Å²) in [6.07, 6.45) is 10.9. The fraction of sp³-hybridized carbons (Fsp3) is 0.620. The molecular weight excluding hydrogens is 777 g/mol. The van der Waals surface area contributed by atoms with Crippen LogP contribution in [0, 0.1) is 10.8 Å². The van der Waals surface area contributed by atoms with E-state index in [9.17, 15) is 19.5 Å². The first kappa shape index (κ1) is 45.6. The van der Waals surface area contributed by atoms with Crippen LogP contribution in [0.4, 0.5) is 5.82 Å². The quantitative estimate of drug-likeness (QED) is 0.107. The zero-order valence-electron chi connectivity index (χ0n) is 38.8. The molecule has 62 heavy (non-hydrogen) atoms. The molecule has 0 spiro atoms.